The van der Waals surface area contributed by atoms with Gasteiger partial charge in [-0.15, -0.1) is 0 Å². The van der Waals surface area contributed by atoms with E-state index >= 15 is 0 Å². The Labute approximate surface area is 114 Å². The summed E-state index contributed by atoms with van der Waals surface area (Å²) in [5.41, 5.74) is 7.58. The Bertz CT molecular complexity index is 577. The summed E-state index contributed by atoms with van der Waals surface area (Å²) in [6, 6.07) is 8.99. The summed E-state index contributed by atoms with van der Waals surface area (Å²) in [5, 5.41) is 2.81. The quantitative estimate of drug-likeness (QED) is 0.856. The summed E-state index contributed by atoms with van der Waals surface area (Å²) in [7, 11) is 0. The van der Waals surface area contributed by atoms with E-state index < -0.39 is 0 Å². The molecule has 0 atom stereocenters. The molecular weight excluding hydrogens is 294 g/mol. The third kappa shape index (κ3) is 2.56. The first-order valence-electron chi connectivity index (χ1n) is 5.63. The number of nitrogen functional groups attached to an aromatic ring is 1. The molecule has 0 fully saturated rings. The highest BCUT2D eigenvalue weighted by molar-refractivity contribution is 9.10. The number of amides is 1. The van der Waals surface area contributed by atoms with Crippen LogP contribution in [-0.4, -0.2) is 10.5 Å². The van der Waals surface area contributed by atoms with Crippen LogP contribution in [0.15, 0.2) is 41.0 Å². The van der Waals surface area contributed by atoms with Crippen LogP contribution in [0.3, 0.4) is 0 Å². The van der Waals surface area contributed by atoms with E-state index in [2.05, 4.69) is 21.2 Å². The highest BCUT2D eigenvalue weighted by Gasteiger charge is 2.13. The number of para-hydroxylation sites is 2. The average molecular weight is 308 g/mol. The first-order valence-corrected chi connectivity index (χ1v) is 6.42. The molecule has 18 heavy (non-hydrogen) atoms. The van der Waals surface area contributed by atoms with Crippen molar-refractivity contribution in [1.82, 2.24) is 4.57 Å². The average Bonchev–Trinajstić information content (AvgIpc) is 2.73. The van der Waals surface area contributed by atoms with Gasteiger partial charge >= 0.3 is 0 Å². The van der Waals surface area contributed by atoms with E-state index in [0.29, 0.717) is 17.1 Å². The van der Waals surface area contributed by atoms with E-state index in [-0.39, 0.29) is 5.91 Å². The summed E-state index contributed by atoms with van der Waals surface area (Å²) >= 11 is 3.37. The standard InChI is InChI=1S/C13H14BrN3O/c1-2-17-8-9(14)7-12(17)13(18)16-11-6-4-3-5-10(11)15/h3-8H,2,15H2,1H3,(H,16,18). The smallest absolute Gasteiger partial charge is 0.272 e. The van der Waals surface area contributed by atoms with Gasteiger partial charge in [-0.1, -0.05) is 12.1 Å². The number of hydrogen-bond donors (Lipinski definition) is 2. The van der Waals surface area contributed by atoms with Crippen molar-refractivity contribution in [2.75, 3.05) is 11.1 Å². The number of nitrogens with two attached hydrogens (primary N) is 1. The maximum absolute atomic E-state index is 12.2. The number of aryl methyl sites for hydroxylation is 1. The van der Waals surface area contributed by atoms with Gasteiger partial charge in [-0.05, 0) is 41.1 Å². The molecule has 1 aromatic heterocycles. The fourth-order valence-electron chi connectivity index (χ4n) is 1.72. The van der Waals surface area contributed by atoms with Crippen molar-refractivity contribution in [3.05, 3.63) is 46.7 Å². The zero-order chi connectivity index (χ0) is 13.1. The molecular formula is C13H14BrN3O. The molecule has 1 amide bonds. The van der Waals surface area contributed by atoms with Crippen molar-refractivity contribution in [2.45, 2.75) is 13.5 Å². The molecule has 0 saturated heterocycles. The van der Waals surface area contributed by atoms with Crippen LogP contribution in [0.5, 0.6) is 0 Å². The number of hydrogen-bond acceptors (Lipinski definition) is 2. The number of nitrogens with one attached hydrogen (secondary N) is 1. The number of nitrogens with zero attached hydrogens (tertiary/aromatic N) is 1. The maximum atomic E-state index is 12.2. The van der Waals surface area contributed by atoms with Crippen LogP contribution < -0.4 is 11.1 Å². The van der Waals surface area contributed by atoms with Gasteiger partial charge in [-0.2, -0.15) is 0 Å². The third-order valence-corrected chi connectivity index (χ3v) is 3.08. The predicted molar refractivity (Wildman–Crippen MR) is 76.6 cm³/mol. The van der Waals surface area contributed by atoms with Gasteiger partial charge in [0.1, 0.15) is 5.69 Å². The molecule has 2 rings (SSSR count). The maximum Gasteiger partial charge on any atom is 0.272 e. The van der Waals surface area contributed by atoms with Gasteiger partial charge in [0.25, 0.3) is 5.91 Å². The Morgan fingerprint density at radius 1 is 1.44 bits per heavy atom. The SMILES string of the molecule is CCn1cc(Br)cc1C(=O)Nc1ccccc1N. The van der Waals surface area contributed by atoms with E-state index in [1.165, 1.54) is 0 Å². The fraction of sp³-hybridized carbons (Fsp3) is 0.154. The van der Waals surface area contributed by atoms with Crippen molar-refractivity contribution in [1.29, 1.82) is 0 Å². The monoisotopic (exact) mass is 307 g/mol. The fourth-order valence-corrected chi connectivity index (χ4v) is 2.19. The lowest BCUT2D eigenvalue weighted by Gasteiger charge is -2.09. The van der Waals surface area contributed by atoms with E-state index in [0.717, 1.165) is 11.0 Å². The molecule has 1 aromatic carbocycles. The third-order valence-electron chi connectivity index (χ3n) is 2.65. The Balaban J connectivity index is 2.25. The molecule has 0 unspecified atom stereocenters. The van der Waals surface area contributed by atoms with Crippen molar-refractivity contribution in [3.63, 3.8) is 0 Å². The molecule has 94 valence electrons. The molecule has 3 N–H and O–H groups in total. The van der Waals surface area contributed by atoms with E-state index in [1.807, 2.05) is 29.8 Å². The number of rotatable bonds is 3. The Morgan fingerprint density at radius 3 is 2.83 bits per heavy atom. The topological polar surface area (TPSA) is 60.0 Å². The molecule has 0 radical (unpaired) electrons. The Morgan fingerprint density at radius 2 is 2.17 bits per heavy atom. The molecule has 2 aromatic rings. The molecule has 0 aliphatic rings. The highest BCUT2D eigenvalue weighted by Crippen LogP contribution is 2.20. The zero-order valence-corrected chi connectivity index (χ0v) is 11.6. The number of aromatic nitrogens is 1. The molecule has 0 aliphatic carbocycles. The van der Waals surface area contributed by atoms with Gasteiger partial charge in [-0.3, -0.25) is 4.79 Å². The first kappa shape index (κ1) is 12.7. The second kappa shape index (κ2) is 5.27. The van der Waals surface area contributed by atoms with Crippen molar-refractivity contribution in [3.8, 4) is 0 Å². The lowest BCUT2D eigenvalue weighted by atomic mass is 10.2. The first-order chi connectivity index (χ1) is 8.61. The zero-order valence-electron chi connectivity index (χ0n) is 9.98. The van der Waals surface area contributed by atoms with Crippen LogP contribution >= 0.6 is 15.9 Å². The number of halogens is 1. The minimum absolute atomic E-state index is 0.166. The van der Waals surface area contributed by atoms with Gasteiger partial charge in [0.05, 0.1) is 11.4 Å². The minimum Gasteiger partial charge on any atom is -0.397 e. The van der Waals surface area contributed by atoms with Crippen LogP contribution in [0.4, 0.5) is 11.4 Å². The lowest BCUT2D eigenvalue weighted by Crippen LogP contribution is -2.17. The minimum atomic E-state index is -0.166. The molecule has 4 nitrogen and oxygen atoms in total. The lowest BCUT2D eigenvalue weighted by molar-refractivity contribution is 0.101. The van der Waals surface area contributed by atoms with Crippen LogP contribution in [0, 0.1) is 0 Å². The summed E-state index contributed by atoms with van der Waals surface area (Å²) in [5.74, 6) is -0.166. The second-order valence-corrected chi connectivity index (χ2v) is 4.79. The van der Waals surface area contributed by atoms with Gasteiger partial charge in [0.2, 0.25) is 0 Å². The summed E-state index contributed by atoms with van der Waals surface area (Å²) < 4.78 is 2.76. The number of carbonyl (C=O) groups excluding carboxylic acids is 1. The predicted octanol–water partition coefficient (Wildman–Crippen LogP) is 3.10. The van der Waals surface area contributed by atoms with E-state index in [4.69, 9.17) is 5.73 Å². The molecule has 0 aliphatic heterocycles. The van der Waals surface area contributed by atoms with E-state index in [9.17, 15) is 4.79 Å². The molecule has 5 heteroatoms. The Hall–Kier alpha value is -1.75. The van der Waals surface area contributed by atoms with Gasteiger partial charge in [0.15, 0.2) is 0 Å². The Kier molecular flexibility index (Phi) is 3.72. The van der Waals surface area contributed by atoms with Crippen LogP contribution in [0.25, 0.3) is 0 Å². The molecule has 0 bridgehead atoms. The highest BCUT2D eigenvalue weighted by atomic mass is 79.9. The van der Waals surface area contributed by atoms with Crippen molar-refractivity contribution in [2.24, 2.45) is 0 Å². The van der Waals surface area contributed by atoms with Gasteiger partial charge in [-0.25, -0.2) is 0 Å². The van der Waals surface area contributed by atoms with Gasteiger partial charge in [0, 0.05) is 17.2 Å². The van der Waals surface area contributed by atoms with Crippen LogP contribution in [0.2, 0.25) is 0 Å². The van der Waals surface area contributed by atoms with Crippen LogP contribution in [0.1, 0.15) is 17.4 Å². The number of benzene rings is 1. The molecule has 0 saturated carbocycles. The number of anilines is 2. The summed E-state index contributed by atoms with van der Waals surface area (Å²) in [6.45, 7) is 2.72. The summed E-state index contributed by atoms with van der Waals surface area (Å²) in [4.78, 5) is 12.2. The van der Waals surface area contributed by atoms with Gasteiger partial charge < -0.3 is 15.6 Å². The number of carbonyl (C=O) groups is 1. The normalized spacial score (nSPS) is 10.3. The van der Waals surface area contributed by atoms with E-state index in [1.54, 1.807) is 18.2 Å². The van der Waals surface area contributed by atoms with Crippen molar-refractivity contribution < 1.29 is 4.79 Å². The van der Waals surface area contributed by atoms with Crippen molar-refractivity contribution >= 4 is 33.2 Å². The molecule has 1 heterocycles. The van der Waals surface area contributed by atoms with Crippen LogP contribution in [-0.2, 0) is 6.54 Å². The molecule has 0 spiro atoms. The summed E-state index contributed by atoms with van der Waals surface area (Å²) in [6.07, 6.45) is 1.88. The second-order valence-electron chi connectivity index (χ2n) is 3.87. The largest absolute Gasteiger partial charge is 0.397 e.